The van der Waals surface area contributed by atoms with Gasteiger partial charge in [0.1, 0.15) is 4.60 Å². The molecular weight excluding hydrogens is 352 g/mol. The number of halogens is 2. The van der Waals surface area contributed by atoms with Gasteiger partial charge in [-0.25, -0.2) is 4.98 Å². The Morgan fingerprint density at radius 3 is 2.88 bits per heavy atom. The van der Waals surface area contributed by atoms with E-state index in [9.17, 15) is 4.79 Å². The molecule has 4 nitrogen and oxygen atoms in total. The summed E-state index contributed by atoms with van der Waals surface area (Å²) < 4.78 is 5.67. The number of methoxy groups -OCH3 is 1. The molecule has 17 heavy (non-hydrogen) atoms. The number of carbonyl (C=O) groups is 1. The van der Waals surface area contributed by atoms with E-state index >= 15 is 0 Å². The van der Waals surface area contributed by atoms with Crippen LogP contribution in [0, 0.1) is 5.92 Å². The summed E-state index contributed by atoms with van der Waals surface area (Å²) in [5, 5.41) is 0.844. The third-order valence-corrected chi connectivity index (χ3v) is 4.23. The van der Waals surface area contributed by atoms with Crippen molar-refractivity contribution in [2.75, 3.05) is 23.9 Å². The second kappa shape index (κ2) is 5.35. The molecule has 1 unspecified atom stereocenters. The summed E-state index contributed by atoms with van der Waals surface area (Å²) in [7, 11) is 1.57. The largest absolute Gasteiger partial charge is 0.481 e. The molecule has 92 valence electrons. The molecule has 1 saturated heterocycles. The predicted octanol–water partition coefficient (Wildman–Crippen LogP) is 2.60. The van der Waals surface area contributed by atoms with Crippen LogP contribution in [-0.2, 0) is 4.79 Å². The number of alkyl halides is 1. The zero-order valence-electron chi connectivity index (χ0n) is 9.32. The summed E-state index contributed by atoms with van der Waals surface area (Å²) in [5.41, 5.74) is 0.805. The molecule has 0 aromatic carbocycles. The zero-order chi connectivity index (χ0) is 12.4. The van der Waals surface area contributed by atoms with E-state index in [1.54, 1.807) is 18.1 Å². The molecule has 0 aliphatic carbocycles. The van der Waals surface area contributed by atoms with Gasteiger partial charge >= 0.3 is 0 Å². The smallest absolute Gasteiger partial charge is 0.227 e. The minimum absolute atomic E-state index is 0.141. The molecule has 2 rings (SSSR count). The number of carbonyl (C=O) groups excluding carboxylic acids is 1. The highest BCUT2D eigenvalue weighted by Crippen LogP contribution is 2.32. The average Bonchev–Trinajstić information content (AvgIpc) is 2.70. The van der Waals surface area contributed by atoms with Crippen LogP contribution in [0.2, 0.25) is 0 Å². The lowest BCUT2D eigenvalue weighted by Gasteiger charge is -2.17. The van der Waals surface area contributed by atoms with Crippen molar-refractivity contribution >= 4 is 43.5 Å². The van der Waals surface area contributed by atoms with E-state index in [2.05, 4.69) is 36.8 Å². The van der Waals surface area contributed by atoms with Crippen LogP contribution in [0.25, 0.3) is 0 Å². The molecule has 1 amide bonds. The third-order valence-electron chi connectivity index (χ3n) is 2.73. The van der Waals surface area contributed by atoms with Crippen LogP contribution in [0.3, 0.4) is 0 Å². The van der Waals surface area contributed by atoms with E-state index in [1.807, 2.05) is 6.07 Å². The number of ether oxygens (including phenoxy) is 1. The summed E-state index contributed by atoms with van der Waals surface area (Å²) in [6.07, 6.45) is 0.587. The number of aromatic nitrogens is 1. The Labute approximate surface area is 117 Å². The van der Waals surface area contributed by atoms with E-state index in [0.717, 1.165) is 17.6 Å². The highest BCUT2D eigenvalue weighted by atomic mass is 79.9. The lowest BCUT2D eigenvalue weighted by Crippen LogP contribution is -2.25. The quantitative estimate of drug-likeness (QED) is 0.612. The second-order valence-corrected chi connectivity index (χ2v) is 5.29. The van der Waals surface area contributed by atoms with E-state index in [1.165, 1.54) is 0 Å². The van der Waals surface area contributed by atoms with Gasteiger partial charge in [-0.2, -0.15) is 0 Å². The molecule has 6 heteroatoms. The normalized spacial score (nSPS) is 19.8. The molecule has 0 bridgehead atoms. The summed E-state index contributed by atoms with van der Waals surface area (Å²) >= 11 is 6.79. The van der Waals surface area contributed by atoms with Gasteiger partial charge in [0.15, 0.2) is 0 Å². The number of hydrogen-bond donors (Lipinski definition) is 0. The van der Waals surface area contributed by atoms with Gasteiger partial charge in [0.25, 0.3) is 0 Å². The van der Waals surface area contributed by atoms with E-state index in [4.69, 9.17) is 4.74 Å². The topological polar surface area (TPSA) is 42.4 Å². The second-order valence-electron chi connectivity index (χ2n) is 3.89. The average molecular weight is 364 g/mol. The van der Waals surface area contributed by atoms with Gasteiger partial charge in [0.2, 0.25) is 11.8 Å². The number of hydrogen-bond acceptors (Lipinski definition) is 3. The van der Waals surface area contributed by atoms with Crippen molar-refractivity contribution in [1.82, 2.24) is 4.98 Å². The van der Waals surface area contributed by atoms with Crippen molar-refractivity contribution in [2.45, 2.75) is 6.42 Å². The van der Waals surface area contributed by atoms with Gasteiger partial charge < -0.3 is 9.64 Å². The van der Waals surface area contributed by atoms with Crippen molar-refractivity contribution in [3.8, 4) is 5.88 Å². The first-order chi connectivity index (χ1) is 8.15. The van der Waals surface area contributed by atoms with Gasteiger partial charge in [-0.15, -0.1) is 0 Å². The lowest BCUT2D eigenvalue weighted by molar-refractivity contribution is -0.117. The number of rotatable bonds is 3. The van der Waals surface area contributed by atoms with Crippen LogP contribution < -0.4 is 9.64 Å². The summed E-state index contributed by atoms with van der Waals surface area (Å²) in [6, 6.07) is 3.61. The van der Waals surface area contributed by atoms with Gasteiger partial charge in [-0.3, -0.25) is 4.79 Å². The maximum atomic E-state index is 11.9. The Morgan fingerprint density at radius 1 is 1.59 bits per heavy atom. The molecule has 0 N–H and O–H groups in total. The fraction of sp³-hybridized carbons (Fsp3) is 0.455. The monoisotopic (exact) mass is 362 g/mol. The minimum atomic E-state index is 0.141. The third kappa shape index (κ3) is 2.63. The Kier molecular flexibility index (Phi) is 4.04. The van der Waals surface area contributed by atoms with Crippen molar-refractivity contribution in [3.05, 3.63) is 16.7 Å². The van der Waals surface area contributed by atoms with Gasteiger partial charge in [-0.05, 0) is 27.9 Å². The molecule has 0 spiro atoms. The first-order valence-corrected chi connectivity index (χ1v) is 7.14. The molecular formula is C11H12Br2N2O2. The molecule has 1 fully saturated rings. The molecule has 2 heterocycles. The van der Waals surface area contributed by atoms with Gasteiger partial charge in [0.05, 0.1) is 12.8 Å². The minimum Gasteiger partial charge on any atom is -0.481 e. The van der Waals surface area contributed by atoms with Crippen LogP contribution in [0.4, 0.5) is 5.69 Å². The standard InChI is InChI=1S/C11H12Br2N2O2/c1-17-9-3-2-8(11(13)14-9)15-6-7(5-12)4-10(15)16/h2-3,7H,4-6H2,1H3. The van der Waals surface area contributed by atoms with Gasteiger partial charge in [-0.1, -0.05) is 15.9 Å². The maximum Gasteiger partial charge on any atom is 0.227 e. The number of amides is 1. The van der Waals surface area contributed by atoms with Crippen molar-refractivity contribution in [3.63, 3.8) is 0 Å². The van der Waals surface area contributed by atoms with Crippen LogP contribution in [-0.4, -0.2) is 29.9 Å². The van der Waals surface area contributed by atoms with E-state index in [0.29, 0.717) is 22.8 Å². The predicted molar refractivity (Wildman–Crippen MR) is 72.7 cm³/mol. The molecule has 1 aromatic rings. The number of nitrogens with zero attached hydrogens (tertiary/aromatic N) is 2. The summed E-state index contributed by atoms with van der Waals surface area (Å²) in [6.45, 7) is 0.733. The van der Waals surface area contributed by atoms with E-state index < -0.39 is 0 Å². The number of pyridine rings is 1. The van der Waals surface area contributed by atoms with Crippen LogP contribution >= 0.6 is 31.9 Å². The molecule has 1 atom stereocenters. The zero-order valence-corrected chi connectivity index (χ0v) is 12.5. The maximum absolute atomic E-state index is 11.9. The van der Waals surface area contributed by atoms with Crippen LogP contribution in [0.5, 0.6) is 5.88 Å². The summed E-state index contributed by atoms with van der Waals surface area (Å²) in [5.74, 6) is 1.04. The number of anilines is 1. The molecule has 1 aliphatic heterocycles. The fourth-order valence-electron chi connectivity index (χ4n) is 1.84. The van der Waals surface area contributed by atoms with Gasteiger partial charge in [0, 0.05) is 24.4 Å². The first-order valence-electron chi connectivity index (χ1n) is 5.22. The van der Waals surface area contributed by atoms with E-state index in [-0.39, 0.29) is 5.91 Å². The Balaban J connectivity index is 2.26. The van der Waals surface area contributed by atoms with Crippen molar-refractivity contribution < 1.29 is 9.53 Å². The van der Waals surface area contributed by atoms with Crippen LogP contribution in [0.15, 0.2) is 16.7 Å². The fourth-order valence-corrected chi connectivity index (χ4v) is 2.80. The molecule has 0 radical (unpaired) electrons. The Hall–Kier alpha value is -0.620. The molecule has 1 aromatic heterocycles. The SMILES string of the molecule is COc1ccc(N2CC(CBr)CC2=O)c(Br)n1. The molecule has 0 saturated carbocycles. The Bertz CT molecular complexity index is 439. The Morgan fingerprint density at radius 2 is 2.35 bits per heavy atom. The van der Waals surface area contributed by atoms with Crippen LogP contribution in [0.1, 0.15) is 6.42 Å². The highest BCUT2D eigenvalue weighted by molar-refractivity contribution is 9.10. The van der Waals surface area contributed by atoms with Crippen molar-refractivity contribution in [1.29, 1.82) is 0 Å². The summed E-state index contributed by atoms with van der Waals surface area (Å²) in [4.78, 5) is 17.9. The first kappa shape index (κ1) is 12.8. The van der Waals surface area contributed by atoms with Crippen molar-refractivity contribution in [2.24, 2.45) is 5.92 Å². The molecule has 1 aliphatic rings. The lowest BCUT2D eigenvalue weighted by atomic mass is 10.2. The highest BCUT2D eigenvalue weighted by Gasteiger charge is 2.31.